The number of hydrogen-bond acceptors (Lipinski definition) is 1. The van der Waals surface area contributed by atoms with E-state index in [0.29, 0.717) is 5.92 Å². The lowest BCUT2D eigenvalue weighted by Crippen LogP contribution is -2.33. The molecule has 104 valence electrons. The molecule has 0 spiro atoms. The number of hydrogen-bond donors (Lipinski definition) is 1. The van der Waals surface area contributed by atoms with E-state index >= 15 is 0 Å². The van der Waals surface area contributed by atoms with Gasteiger partial charge < -0.3 is 5.32 Å². The second-order valence-corrected chi connectivity index (χ2v) is 6.57. The van der Waals surface area contributed by atoms with Crippen molar-refractivity contribution < 1.29 is 4.79 Å². The van der Waals surface area contributed by atoms with E-state index < -0.39 is 0 Å². The monoisotopic (exact) mass is 323 g/mol. The lowest BCUT2D eigenvalue weighted by atomic mass is 9.80. The second kappa shape index (κ2) is 6.56. The van der Waals surface area contributed by atoms with Crippen molar-refractivity contribution >= 4 is 21.8 Å². The highest BCUT2D eigenvalue weighted by molar-refractivity contribution is 9.10. The van der Waals surface area contributed by atoms with E-state index in [4.69, 9.17) is 0 Å². The van der Waals surface area contributed by atoms with Gasteiger partial charge in [0.1, 0.15) is 0 Å². The third-order valence-corrected chi connectivity index (χ3v) is 4.87. The number of aryl methyl sites for hydroxylation is 1. The van der Waals surface area contributed by atoms with Crippen molar-refractivity contribution in [3.63, 3.8) is 0 Å². The summed E-state index contributed by atoms with van der Waals surface area (Å²) in [6.45, 7) is 5.12. The van der Waals surface area contributed by atoms with Gasteiger partial charge in [0.2, 0.25) is 0 Å². The lowest BCUT2D eigenvalue weighted by molar-refractivity contribution is 0.0935. The van der Waals surface area contributed by atoms with Crippen molar-refractivity contribution in [3.05, 3.63) is 33.8 Å². The van der Waals surface area contributed by atoms with Gasteiger partial charge in [0, 0.05) is 11.0 Å². The van der Waals surface area contributed by atoms with Crippen molar-refractivity contribution in [3.8, 4) is 0 Å². The summed E-state index contributed by atoms with van der Waals surface area (Å²) in [6, 6.07) is 5.88. The summed E-state index contributed by atoms with van der Waals surface area (Å²) in [7, 11) is 0. The molecule has 1 aromatic carbocycles. The minimum atomic E-state index is 0.0355. The van der Waals surface area contributed by atoms with E-state index in [9.17, 15) is 4.79 Å². The number of carbonyl (C=O) groups excluding carboxylic acids is 1. The third kappa shape index (κ3) is 3.82. The Morgan fingerprint density at radius 2 is 2.11 bits per heavy atom. The summed E-state index contributed by atoms with van der Waals surface area (Å²) < 4.78 is 0.868. The van der Waals surface area contributed by atoms with Crippen molar-refractivity contribution in [2.45, 2.75) is 39.5 Å². The summed E-state index contributed by atoms with van der Waals surface area (Å²) in [4.78, 5) is 12.2. The van der Waals surface area contributed by atoms with E-state index in [0.717, 1.165) is 28.1 Å². The Kier molecular flexibility index (Phi) is 5.03. The van der Waals surface area contributed by atoms with E-state index in [1.54, 1.807) is 0 Å². The van der Waals surface area contributed by atoms with Crippen molar-refractivity contribution in [1.29, 1.82) is 0 Å². The minimum absolute atomic E-state index is 0.0355. The molecule has 0 heterocycles. The summed E-state index contributed by atoms with van der Waals surface area (Å²) >= 11 is 3.45. The molecule has 0 aliphatic heterocycles. The SMILES string of the molecule is Cc1ccc(Br)c(C(=O)NCC2CCCCC2C)c1. The van der Waals surface area contributed by atoms with Crippen molar-refractivity contribution in [2.75, 3.05) is 6.54 Å². The van der Waals surface area contributed by atoms with Gasteiger partial charge in [-0.05, 0) is 53.2 Å². The zero-order chi connectivity index (χ0) is 13.8. The van der Waals surface area contributed by atoms with Crippen LogP contribution in [0.2, 0.25) is 0 Å². The molecule has 0 radical (unpaired) electrons. The molecule has 1 aromatic rings. The van der Waals surface area contributed by atoms with Crippen LogP contribution in [-0.2, 0) is 0 Å². The van der Waals surface area contributed by atoms with Crippen LogP contribution in [0.3, 0.4) is 0 Å². The number of nitrogens with one attached hydrogen (secondary N) is 1. The predicted molar refractivity (Wildman–Crippen MR) is 82.3 cm³/mol. The number of carbonyl (C=O) groups is 1. The Bertz CT molecular complexity index is 458. The third-order valence-electron chi connectivity index (χ3n) is 4.18. The molecule has 1 saturated carbocycles. The first-order valence-electron chi connectivity index (χ1n) is 7.12. The van der Waals surface area contributed by atoms with E-state index in [-0.39, 0.29) is 5.91 Å². The molecule has 1 aliphatic carbocycles. The van der Waals surface area contributed by atoms with Crippen molar-refractivity contribution in [1.82, 2.24) is 5.32 Å². The maximum atomic E-state index is 12.2. The molecule has 1 N–H and O–H groups in total. The second-order valence-electron chi connectivity index (χ2n) is 5.72. The van der Waals surface area contributed by atoms with Gasteiger partial charge in [-0.15, -0.1) is 0 Å². The Morgan fingerprint density at radius 1 is 1.37 bits per heavy atom. The zero-order valence-electron chi connectivity index (χ0n) is 11.7. The molecule has 0 bridgehead atoms. The quantitative estimate of drug-likeness (QED) is 0.882. The first kappa shape index (κ1) is 14.6. The fraction of sp³-hybridized carbons (Fsp3) is 0.562. The average molecular weight is 324 g/mol. The smallest absolute Gasteiger partial charge is 0.252 e. The highest BCUT2D eigenvalue weighted by Gasteiger charge is 2.22. The summed E-state index contributed by atoms with van der Waals surface area (Å²) in [5, 5.41) is 3.10. The van der Waals surface area contributed by atoms with E-state index in [2.05, 4.69) is 28.2 Å². The van der Waals surface area contributed by atoms with Gasteiger partial charge in [-0.1, -0.05) is 37.8 Å². The van der Waals surface area contributed by atoms with Gasteiger partial charge in [0.05, 0.1) is 5.56 Å². The van der Waals surface area contributed by atoms with Gasteiger partial charge in [-0.25, -0.2) is 0 Å². The molecule has 3 heteroatoms. The molecule has 2 rings (SSSR count). The topological polar surface area (TPSA) is 29.1 Å². The molecule has 0 aromatic heterocycles. The van der Waals surface area contributed by atoms with Crippen LogP contribution in [0.5, 0.6) is 0 Å². The van der Waals surface area contributed by atoms with Crippen LogP contribution in [0, 0.1) is 18.8 Å². The van der Waals surface area contributed by atoms with Crippen LogP contribution in [0.1, 0.15) is 48.5 Å². The first-order chi connectivity index (χ1) is 9.08. The van der Waals surface area contributed by atoms with E-state index in [1.807, 2.05) is 25.1 Å². The summed E-state index contributed by atoms with van der Waals surface area (Å²) in [5.74, 6) is 1.41. The number of rotatable bonds is 3. The van der Waals surface area contributed by atoms with Gasteiger partial charge in [-0.3, -0.25) is 4.79 Å². The van der Waals surface area contributed by atoms with E-state index in [1.165, 1.54) is 25.7 Å². The molecular weight excluding hydrogens is 302 g/mol. The number of amides is 1. The van der Waals surface area contributed by atoms with Crippen LogP contribution in [0.4, 0.5) is 0 Å². The maximum absolute atomic E-state index is 12.2. The molecule has 2 nitrogen and oxygen atoms in total. The fourth-order valence-electron chi connectivity index (χ4n) is 2.83. The lowest BCUT2D eigenvalue weighted by Gasteiger charge is -2.28. The molecule has 1 aliphatic rings. The van der Waals surface area contributed by atoms with Gasteiger partial charge in [0.15, 0.2) is 0 Å². The Morgan fingerprint density at radius 3 is 2.84 bits per heavy atom. The number of halogens is 1. The van der Waals surface area contributed by atoms with Crippen molar-refractivity contribution in [2.24, 2.45) is 11.8 Å². The summed E-state index contributed by atoms with van der Waals surface area (Å²) in [6.07, 6.45) is 5.19. The zero-order valence-corrected chi connectivity index (χ0v) is 13.3. The normalized spacial score (nSPS) is 23.1. The van der Waals surface area contributed by atoms with Crippen LogP contribution in [0.25, 0.3) is 0 Å². The molecule has 0 saturated heterocycles. The highest BCUT2D eigenvalue weighted by atomic mass is 79.9. The van der Waals surface area contributed by atoms with Crippen LogP contribution >= 0.6 is 15.9 Å². The molecule has 2 unspecified atom stereocenters. The first-order valence-corrected chi connectivity index (χ1v) is 7.91. The van der Waals surface area contributed by atoms with Crippen LogP contribution in [0.15, 0.2) is 22.7 Å². The minimum Gasteiger partial charge on any atom is -0.352 e. The molecular formula is C16H22BrNO. The largest absolute Gasteiger partial charge is 0.352 e. The number of benzene rings is 1. The Hall–Kier alpha value is -0.830. The highest BCUT2D eigenvalue weighted by Crippen LogP contribution is 2.29. The fourth-order valence-corrected chi connectivity index (χ4v) is 3.26. The molecule has 1 amide bonds. The van der Waals surface area contributed by atoms with Gasteiger partial charge in [-0.2, -0.15) is 0 Å². The Balaban J connectivity index is 1.95. The standard InChI is InChI=1S/C16H22BrNO/c1-11-7-8-15(17)14(9-11)16(19)18-10-13-6-4-3-5-12(13)2/h7-9,12-13H,3-6,10H2,1-2H3,(H,18,19). The average Bonchev–Trinajstić information content (AvgIpc) is 2.40. The van der Waals surface area contributed by atoms with Gasteiger partial charge >= 0.3 is 0 Å². The van der Waals surface area contributed by atoms with Crippen LogP contribution < -0.4 is 5.32 Å². The maximum Gasteiger partial charge on any atom is 0.252 e. The molecule has 19 heavy (non-hydrogen) atoms. The molecule has 2 atom stereocenters. The van der Waals surface area contributed by atoms with Crippen LogP contribution in [-0.4, -0.2) is 12.5 Å². The predicted octanol–water partition coefficient (Wildman–Crippen LogP) is 4.31. The van der Waals surface area contributed by atoms with Gasteiger partial charge in [0.25, 0.3) is 5.91 Å². The molecule has 1 fully saturated rings. The summed E-state index contributed by atoms with van der Waals surface area (Å²) in [5.41, 5.74) is 1.85. The Labute approximate surface area is 124 Å².